The number of esters is 1. The molecular formula is C57H107NO5. The van der Waals surface area contributed by atoms with Crippen molar-refractivity contribution in [3.05, 3.63) is 36.5 Å². The van der Waals surface area contributed by atoms with Crippen LogP contribution in [0.3, 0.4) is 0 Å². The summed E-state index contributed by atoms with van der Waals surface area (Å²) in [7, 11) is 0. The summed E-state index contributed by atoms with van der Waals surface area (Å²) in [6.45, 7) is 4.86. The lowest BCUT2D eigenvalue weighted by Gasteiger charge is -2.20. The Morgan fingerprint density at radius 3 is 1.21 bits per heavy atom. The molecule has 2 unspecified atom stereocenters. The molecule has 0 fully saturated rings. The number of aliphatic hydroxyl groups excluding tert-OH is 2. The highest BCUT2D eigenvalue weighted by Gasteiger charge is 2.18. The van der Waals surface area contributed by atoms with Crippen molar-refractivity contribution in [3.63, 3.8) is 0 Å². The van der Waals surface area contributed by atoms with E-state index >= 15 is 0 Å². The van der Waals surface area contributed by atoms with Gasteiger partial charge in [0.05, 0.1) is 25.4 Å². The molecule has 0 aliphatic carbocycles. The summed E-state index contributed by atoms with van der Waals surface area (Å²) in [5, 5.41) is 23.1. The SMILES string of the molecule is CCCCCCCCCCCCCCC/C=C/C(O)C(CO)NC(=O)CCCCCCCCC/C=C\C/C=C\CCCCCOC(=O)CCCCCCCCCCCCCCCC. The maximum Gasteiger partial charge on any atom is 0.305 e. The van der Waals surface area contributed by atoms with E-state index in [-0.39, 0.29) is 18.5 Å². The van der Waals surface area contributed by atoms with Gasteiger partial charge in [-0.3, -0.25) is 9.59 Å². The first-order valence-electron chi connectivity index (χ1n) is 27.8. The van der Waals surface area contributed by atoms with E-state index in [1.54, 1.807) is 6.08 Å². The molecule has 370 valence electrons. The van der Waals surface area contributed by atoms with E-state index in [1.165, 1.54) is 180 Å². The minimum atomic E-state index is -0.855. The van der Waals surface area contributed by atoms with Crippen molar-refractivity contribution in [3.8, 4) is 0 Å². The number of hydrogen-bond donors (Lipinski definition) is 3. The molecule has 0 saturated carbocycles. The van der Waals surface area contributed by atoms with Crippen LogP contribution in [0.2, 0.25) is 0 Å². The van der Waals surface area contributed by atoms with E-state index in [0.29, 0.717) is 19.4 Å². The number of carbonyl (C=O) groups is 2. The fourth-order valence-electron chi connectivity index (χ4n) is 8.37. The molecule has 0 aromatic heterocycles. The van der Waals surface area contributed by atoms with Crippen LogP contribution in [0.5, 0.6) is 0 Å². The van der Waals surface area contributed by atoms with Crippen LogP contribution in [0.4, 0.5) is 0 Å². The van der Waals surface area contributed by atoms with E-state index in [0.717, 1.165) is 83.5 Å². The molecule has 6 nitrogen and oxygen atoms in total. The highest BCUT2D eigenvalue weighted by Crippen LogP contribution is 2.16. The molecule has 1 amide bonds. The van der Waals surface area contributed by atoms with Crippen molar-refractivity contribution in [2.24, 2.45) is 0 Å². The van der Waals surface area contributed by atoms with Crippen molar-refractivity contribution >= 4 is 11.9 Å². The largest absolute Gasteiger partial charge is 0.466 e. The highest BCUT2D eigenvalue weighted by molar-refractivity contribution is 5.76. The topological polar surface area (TPSA) is 95.9 Å². The molecule has 0 spiro atoms. The number of amides is 1. The average Bonchev–Trinajstić information content (AvgIpc) is 3.28. The van der Waals surface area contributed by atoms with Gasteiger partial charge in [-0.05, 0) is 70.6 Å². The van der Waals surface area contributed by atoms with Crippen LogP contribution in [-0.4, -0.2) is 47.4 Å². The van der Waals surface area contributed by atoms with Crippen molar-refractivity contribution in [2.45, 2.75) is 302 Å². The Hall–Kier alpha value is -1.92. The molecule has 0 aromatic rings. The normalized spacial score (nSPS) is 12.9. The maximum atomic E-state index is 12.4. The molecule has 0 aliphatic rings. The second-order valence-corrected chi connectivity index (χ2v) is 18.9. The molecule has 3 N–H and O–H groups in total. The van der Waals surface area contributed by atoms with Gasteiger partial charge in [0.2, 0.25) is 5.91 Å². The third-order valence-corrected chi connectivity index (χ3v) is 12.7. The molecule has 0 aromatic carbocycles. The lowest BCUT2D eigenvalue weighted by Crippen LogP contribution is -2.45. The standard InChI is InChI=1S/C57H107NO5/c1-3-5-7-9-11-13-15-17-22-25-29-33-37-41-45-49-55(60)54(53-59)58-56(61)50-46-42-38-34-30-26-23-20-19-21-24-28-32-36-40-44-48-52-63-57(62)51-47-43-39-35-31-27-18-16-14-12-10-8-6-4-2/h19,21,28,32,45,49,54-55,59-60H,3-18,20,22-27,29-31,33-44,46-48,50-53H2,1-2H3,(H,58,61)/b21-19-,32-28-,49-45+. The third-order valence-electron chi connectivity index (χ3n) is 12.7. The summed E-state index contributed by atoms with van der Waals surface area (Å²) in [6.07, 6.45) is 64.4. The van der Waals surface area contributed by atoms with Gasteiger partial charge in [-0.2, -0.15) is 0 Å². The number of carbonyl (C=O) groups excluding carboxylic acids is 2. The van der Waals surface area contributed by atoms with Gasteiger partial charge in [-0.15, -0.1) is 0 Å². The van der Waals surface area contributed by atoms with Crippen LogP contribution in [0.15, 0.2) is 36.5 Å². The van der Waals surface area contributed by atoms with E-state index < -0.39 is 12.1 Å². The Labute approximate surface area is 392 Å². The average molecular weight is 886 g/mol. The molecule has 2 atom stereocenters. The first kappa shape index (κ1) is 61.1. The van der Waals surface area contributed by atoms with Gasteiger partial charge < -0.3 is 20.3 Å². The summed E-state index contributed by atoms with van der Waals surface area (Å²) >= 11 is 0. The molecule has 0 heterocycles. The molecule has 0 saturated heterocycles. The Kier molecular flexibility index (Phi) is 51.1. The van der Waals surface area contributed by atoms with Crippen molar-refractivity contribution in [1.29, 1.82) is 0 Å². The first-order valence-corrected chi connectivity index (χ1v) is 27.8. The smallest absolute Gasteiger partial charge is 0.305 e. The molecular weight excluding hydrogens is 779 g/mol. The second-order valence-electron chi connectivity index (χ2n) is 18.9. The third kappa shape index (κ3) is 49.4. The lowest BCUT2D eigenvalue weighted by molar-refractivity contribution is -0.143. The summed E-state index contributed by atoms with van der Waals surface area (Å²) < 4.78 is 5.45. The number of hydrogen-bond acceptors (Lipinski definition) is 5. The number of ether oxygens (including phenoxy) is 1. The van der Waals surface area contributed by atoms with E-state index in [9.17, 15) is 19.8 Å². The predicted octanol–water partition coefficient (Wildman–Crippen LogP) is 16.9. The van der Waals surface area contributed by atoms with Crippen molar-refractivity contribution < 1.29 is 24.5 Å². The minimum absolute atomic E-state index is 0.0145. The molecule has 0 radical (unpaired) electrons. The van der Waals surface area contributed by atoms with Crippen LogP contribution >= 0.6 is 0 Å². The number of allylic oxidation sites excluding steroid dienone is 5. The van der Waals surface area contributed by atoms with Gasteiger partial charge >= 0.3 is 5.97 Å². The van der Waals surface area contributed by atoms with E-state index in [1.807, 2.05) is 6.08 Å². The summed E-state index contributed by atoms with van der Waals surface area (Å²) in [5.74, 6) is -0.0983. The van der Waals surface area contributed by atoms with Gasteiger partial charge in [-0.1, -0.05) is 243 Å². The first-order chi connectivity index (χ1) is 31.0. The number of aliphatic hydroxyl groups is 2. The van der Waals surface area contributed by atoms with Gasteiger partial charge in [-0.25, -0.2) is 0 Å². The Balaban J connectivity index is 3.53. The van der Waals surface area contributed by atoms with Gasteiger partial charge in [0, 0.05) is 12.8 Å². The Morgan fingerprint density at radius 1 is 0.444 bits per heavy atom. The van der Waals surface area contributed by atoms with Gasteiger partial charge in [0.1, 0.15) is 0 Å². The molecule has 6 heteroatoms. The van der Waals surface area contributed by atoms with Gasteiger partial charge in [0.15, 0.2) is 0 Å². The molecule has 0 aliphatic heterocycles. The predicted molar refractivity (Wildman–Crippen MR) is 273 cm³/mol. The molecule has 0 rings (SSSR count). The van der Waals surface area contributed by atoms with Crippen molar-refractivity contribution in [1.82, 2.24) is 5.32 Å². The Morgan fingerprint density at radius 2 is 0.794 bits per heavy atom. The minimum Gasteiger partial charge on any atom is -0.466 e. The van der Waals surface area contributed by atoms with Crippen LogP contribution in [0.1, 0.15) is 290 Å². The highest BCUT2D eigenvalue weighted by atomic mass is 16.5. The fraction of sp³-hybridized carbons (Fsp3) is 0.860. The monoisotopic (exact) mass is 886 g/mol. The van der Waals surface area contributed by atoms with Crippen LogP contribution in [0, 0.1) is 0 Å². The summed E-state index contributed by atoms with van der Waals surface area (Å²) in [6, 6.07) is -0.640. The van der Waals surface area contributed by atoms with Crippen LogP contribution < -0.4 is 5.32 Å². The Bertz CT molecular complexity index is 1020. The summed E-state index contributed by atoms with van der Waals surface area (Å²) in [4.78, 5) is 24.5. The zero-order valence-corrected chi connectivity index (χ0v) is 42.1. The van der Waals surface area contributed by atoms with Gasteiger partial charge in [0.25, 0.3) is 0 Å². The zero-order chi connectivity index (χ0) is 45.8. The molecule has 63 heavy (non-hydrogen) atoms. The summed E-state index contributed by atoms with van der Waals surface area (Å²) in [5.41, 5.74) is 0. The number of rotatable bonds is 51. The maximum absolute atomic E-state index is 12.4. The van der Waals surface area contributed by atoms with E-state index in [4.69, 9.17) is 4.74 Å². The van der Waals surface area contributed by atoms with Crippen LogP contribution in [0.25, 0.3) is 0 Å². The second kappa shape index (κ2) is 52.7. The van der Waals surface area contributed by atoms with E-state index in [2.05, 4.69) is 43.5 Å². The molecule has 0 bridgehead atoms. The number of nitrogens with one attached hydrogen (secondary N) is 1. The fourth-order valence-corrected chi connectivity index (χ4v) is 8.37. The quantitative estimate of drug-likeness (QED) is 0.0321. The number of unbranched alkanes of at least 4 members (excludes halogenated alkanes) is 36. The van der Waals surface area contributed by atoms with Crippen LogP contribution in [-0.2, 0) is 14.3 Å². The van der Waals surface area contributed by atoms with Crippen molar-refractivity contribution in [2.75, 3.05) is 13.2 Å². The zero-order valence-electron chi connectivity index (χ0n) is 42.1. The lowest BCUT2D eigenvalue weighted by atomic mass is 10.0.